The molecule has 0 aliphatic rings. The van der Waals surface area contributed by atoms with E-state index in [-0.39, 0.29) is 0 Å². The Kier molecular flexibility index (Phi) is 4.56. The molecule has 0 aromatic heterocycles. The van der Waals surface area contributed by atoms with Crippen molar-refractivity contribution in [2.75, 3.05) is 0 Å². The van der Waals surface area contributed by atoms with Crippen molar-refractivity contribution < 1.29 is 39.5 Å². The van der Waals surface area contributed by atoms with Crippen LogP contribution in [0.3, 0.4) is 0 Å². The third kappa shape index (κ3) is 2.42. The van der Waals surface area contributed by atoms with Crippen molar-refractivity contribution >= 4 is 0 Å². The molecule has 0 spiro atoms. The molecular weight excluding hydrogens is 351 g/mol. The Hall–Kier alpha value is -2.19. The minimum absolute atomic E-state index is 1.09. The quantitative estimate of drug-likeness (QED) is 0.365. The molecule has 130 valence electrons. The van der Waals surface area contributed by atoms with E-state index in [2.05, 4.69) is 0 Å². The highest BCUT2D eigenvalue weighted by Crippen LogP contribution is 2.39. The van der Waals surface area contributed by atoms with E-state index >= 15 is 0 Å². The first kappa shape index (κ1) is 18.2. The zero-order valence-electron chi connectivity index (χ0n) is 12.0. The van der Waals surface area contributed by atoms with E-state index in [9.17, 15) is 39.5 Å². The summed E-state index contributed by atoms with van der Waals surface area (Å²) >= 11 is 0. The van der Waals surface area contributed by atoms with Crippen LogP contribution in [0, 0.1) is 52.4 Å². The first-order valence-corrected chi connectivity index (χ1v) is 6.39. The van der Waals surface area contributed by atoms with Crippen LogP contribution in [0.2, 0.25) is 0 Å². The molecule has 0 nitrogen and oxygen atoms in total. The van der Waals surface area contributed by atoms with Crippen molar-refractivity contribution in [3.05, 3.63) is 57.9 Å². The maximum absolute atomic E-state index is 14.3. The van der Waals surface area contributed by atoms with Gasteiger partial charge in [0.1, 0.15) is 5.82 Å². The van der Waals surface area contributed by atoms with Gasteiger partial charge in [-0.3, -0.25) is 0 Å². The molecule has 2 aromatic rings. The summed E-state index contributed by atoms with van der Waals surface area (Å²) in [6, 6.07) is 0. The second kappa shape index (κ2) is 6.03. The largest absolute Gasteiger partial charge is 0.206 e. The Morgan fingerprint density at radius 2 is 0.708 bits per heavy atom. The Balaban J connectivity index is 3.05. The van der Waals surface area contributed by atoms with Gasteiger partial charge in [-0.15, -0.1) is 0 Å². The van der Waals surface area contributed by atoms with Crippen molar-refractivity contribution in [2.24, 2.45) is 0 Å². The summed E-state index contributed by atoms with van der Waals surface area (Å²) in [5.41, 5.74) is -4.97. The molecule has 0 unspecified atom stereocenters. The van der Waals surface area contributed by atoms with Crippen molar-refractivity contribution in [2.45, 2.75) is 19.8 Å². The SMILES string of the molecule is CC(C)c1c(F)c(F)c(F)c(-c2c(F)c(F)c(F)c(F)c2F)c1F. The fraction of sp³-hybridized carbons (Fsp3) is 0.200. The van der Waals surface area contributed by atoms with Crippen LogP contribution >= 0.6 is 0 Å². The van der Waals surface area contributed by atoms with Crippen LogP contribution in [-0.4, -0.2) is 0 Å². The predicted molar refractivity (Wildman–Crippen MR) is 65.6 cm³/mol. The maximum atomic E-state index is 14.3. The van der Waals surface area contributed by atoms with Gasteiger partial charge >= 0.3 is 0 Å². The molecule has 2 aromatic carbocycles. The van der Waals surface area contributed by atoms with E-state index in [4.69, 9.17) is 0 Å². The van der Waals surface area contributed by atoms with Crippen molar-refractivity contribution in [3.63, 3.8) is 0 Å². The summed E-state index contributed by atoms with van der Waals surface area (Å²) in [5.74, 6) is -22.3. The lowest BCUT2D eigenvalue weighted by molar-refractivity contribution is 0.378. The lowest BCUT2D eigenvalue weighted by atomic mass is 9.94. The van der Waals surface area contributed by atoms with Crippen LogP contribution in [0.15, 0.2) is 0 Å². The van der Waals surface area contributed by atoms with Crippen molar-refractivity contribution in [1.82, 2.24) is 0 Å². The standard InChI is InChI=1S/C15H7F9/c1-3(2)4-7(16)5(9(18)12(21)8(4)17)6-10(19)13(22)15(24)14(23)11(6)20/h3H,1-2H3. The second-order valence-electron chi connectivity index (χ2n) is 5.14. The smallest absolute Gasteiger partial charge is 0.200 e. The van der Waals surface area contributed by atoms with Crippen LogP contribution < -0.4 is 0 Å². The Bertz CT molecular complexity index is 811. The van der Waals surface area contributed by atoms with E-state index in [1.807, 2.05) is 0 Å². The number of hydrogen-bond acceptors (Lipinski definition) is 0. The predicted octanol–water partition coefficient (Wildman–Crippen LogP) is 5.73. The normalized spacial score (nSPS) is 11.5. The van der Waals surface area contributed by atoms with Crippen LogP contribution in [-0.2, 0) is 0 Å². The Labute approximate surface area is 129 Å². The van der Waals surface area contributed by atoms with E-state index in [0.717, 1.165) is 13.8 Å². The first-order valence-electron chi connectivity index (χ1n) is 6.39. The van der Waals surface area contributed by atoms with Crippen LogP contribution in [0.25, 0.3) is 11.1 Å². The molecule has 0 heterocycles. The summed E-state index contributed by atoms with van der Waals surface area (Å²) in [6.45, 7) is 2.31. The van der Waals surface area contributed by atoms with Gasteiger partial charge in [-0.25, -0.2) is 39.5 Å². The van der Waals surface area contributed by atoms with Crippen molar-refractivity contribution in [3.8, 4) is 11.1 Å². The Morgan fingerprint density at radius 1 is 0.417 bits per heavy atom. The fourth-order valence-corrected chi connectivity index (χ4v) is 2.20. The van der Waals surface area contributed by atoms with Crippen LogP contribution in [0.5, 0.6) is 0 Å². The molecule has 0 saturated heterocycles. The van der Waals surface area contributed by atoms with Crippen LogP contribution in [0.4, 0.5) is 39.5 Å². The van der Waals surface area contributed by atoms with Gasteiger partial charge in [-0.1, -0.05) is 13.8 Å². The molecule has 0 atom stereocenters. The van der Waals surface area contributed by atoms with Gasteiger partial charge in [0.25, 0.3) is 0 Å². The molecule has 2 rings (SSSR count). The fourth-order valence-electron chi connectivity index (χ4n) is 2.20. The number of benzene rings is 2. The highest BCUT2D eigenvalue weighted by Gasteiger charge is 2.34. The Morgan fingerprint density at radius 3 is 1.08 bits per heavy atom. The zero-order chi connectivity index (χ0) is 18.5. The van der Waals surface area contributed by atoms with E-state index in [1.165, 1.54) is 0 Å². The number of halogens is 9. The highest BCUT2D eigenvalue weighted by atomic mass is 19.2. The van der Waals surface area contributed by atoms with Gasteiger partial charge in [-0.2, -0.15) is 0 Å². The van der Waals surface area contributed by atoms with E-state index in [0.29, 0.717) is 0 Å². The van der Waals surface area contributed by atoms with Crippen LogP contribution in [0.1, 0.15) is 25.3 Å². The summed E-state index contributed by atoms with van der Waals surface area (Å²) < 4.78 is 122. The molecule has 0 saturated carbocycles. The monoisotopic (exact) mass is 358 g/mol. The van der Waals surface area contributed by atoms with Gasteiger partial charge in [0, 0.05) is 5.56 Å². The molecule has 0 aliphatic carbocycles. The van der Waals surface area contributed by atoms with Gasteiger partial charge in [-0.05, 0) is 5.92 Å². The number of hydrogen-bond donors (Lipinski definition) is 0. The summed E-state index contributed by atoms with van der Waals surface area (Å²) in [5, 5.41) is 0. The molecule has 9 heteroatoms. The average molecular weight is 358 g/mol. The van der Waals surface area contributed by atoms with E-state index < -0.39 is 75.0 Å². The molecule has 0 radical (unpaired) electrons. The van der Waals surface area contributed by atoms with Crippen molar-refractivity contribution in [1.29, 1.82) is 0 Å². The molecule has 24 heavy (non-hydrogen) atoms. The molecule has 0 amide bonds. The van der Waals surface area contributed by atoms with Gasteiger partial charge < -0.3 is 0 Å². The van der Waals surface area contributed by atoms with Gasteiger partial charge in [0.2, 0.25) is 5.82 Å². The topological polar surface area (TPSA) is 0 Å². The van der Waals surface area contributed by atoms with Gasteiger partial charge in [0.05, 0.1) is 11.1 Å². The highest BCUT2D eigenvalue weighted by molar-refractivity contribution is 5.68. The summed E-state index contributed by atoms with van der Waals surface area (Å²) in [7, 11) is 0. The third-order valence-corrected chi connectivity index (χ3v) is 3.33. The summed E-state index contributed by atoms with van der Waals surface area (Å²) in [4.78, 5) is 0. The lowest BCUT2D eigenvalue weighted by Crippen LogP contribution is -2.11. The summed E-state index contributed by atoms with van der Waals surface area (Å²) in [6.07, 6.45) is 0. The van der Waals surface area contributed by atoms with Gasteiger partial charge in [0.15, 0.2) is 40.7 Å². The molecule has 0 aliphatic heterocycles. The third-order valence-electron chi connectivity index (χ3n) is 3.33. The lowest BCUT2D eigenvalue weighted by Gasteiger charge is -2.16. The number of rotatable bonds is 2. The van der Waals surface area contributed by atoms with E-state index in [1.54, 1.807) is 0 Å². The molecule has 0 N–H and O–H groups in total. The molecule has 0 fully saturated rings. The average Bonchev–Trinajstić information content (AvgIpc) is 2.52. The second-order valence-corrected chi connectivity index (χ2v) is 5.14. The first-order chi connectivity index (χ1) is 11.0. The minimum Gasteiger partial charge on any atom is -0.206 e. The molecule has 0 bridgehead atoms. The zero-order valence-corrected chi connectivity index (χ0v) is 12.0. The maximum Gasteiger partial charge on any atom is 0.200 e. The molecular formula is C15H7F9. The minimum atomic E-state index is -2.56.